The summed E-state index contributed by atoms with van der Waals surface area (Å²) >= 11 is 7.40. The van der Waals surface area contributed by atoms with Crippen molar-refractivity contribution in [3.8, 4) is 0 Å². The molecular formula is C20H21ClFN3O2S. The van der Waals surface area contributed by atoms with Crippen molar-refractivity contribution in [2.45, 2.75) is 13.0 Å². The van der Waals surface area contributed by atoms with Crippen LogP contribution in [0.25, 0.3) is 0 Å². The number of nitrogens with one attached hydrogen (secondary N) is 1. The Labute approximate surface area is 173 Å². The van der Waals surface area contributed by atoms with Crippen molar-refractivity contribution in [3.05, 3.63) is 58.9 Å². The van der Waals surface area contributed by atoms with Crippen LogP contribution in [0.1, 0.15) is 12.0 Å². The predicted molar refractivity (Wildman–Crippen MR) is 112 cm³/mol. The smallest absolute Gasteiger partial charge is 0.239 e. The lowest BCUT2D eigenvalue weighted by Gasteiger charge is -2.21. The van der Waals surface area contributed by atoms with Crippen LogP contribution in [0.3, 0.4) is 0 Å². The monoisotopic (exact) mass is 421 g/mol. The molecule has 1 aliphatic heterocycles. The minimum atomic E-state index is -0.744. The van der Waals surface area contributed by atoms with E-state index in [1.165, 1.54) is 12.1 Å². The first-order chi connectivity index (χ1) is 13.4. The molecule has 0 aliphatic carbocycles. The van der Waals surface area contributed by atoms with Crippen LogP contribution in [0, 0.1) is 11.7 Å². The SMILES string of the molecule is CSN(C)c1cccc(N2CCC(C(=O)NCc3cc(F)cc(Cl)c3)C2=O)c1. The van der Waals surface area contributed by atoms with E-state index in [9.17, 15) is 14.0 Å². The Hall–Kier alpha value is -2.25. The molecule has 148 valence electrons. The minimum Gasteiger partial charge on any atom is -0.351 e. The molecule has 1 heterocycles. The molecule has 1 fully saturated rings. The Kier molecular flexibility index (Phi) is 6.46. The average Bonchev–Trinajstić information content (AvgIpc) is 3.06. The van der Waals surface area contributed by atoms with Gasteiger partial charge < -0.3 is 14.5 Å². The van der Waals surface area contributed by atoms with Gasteiger partial charge in [0.25, 0.3) is 0 Å². The third-order valence-electron chi connectivity index (χ3n) is 4.69. The van der Waals surface area contributed by atoms with Gasteiger partial charge in [-0.2, -0.15) is 0 Å². The molecule has 2 aromatic rings. The largest absolute Gasteiger partial charge is 0.351 e. The highest BCUT2D eigenvalue weighted by molar-refractivity contribution is 7.99. The molecule has 0 spiro atoms. The molecule has 0 aromatic heterocycles. The summed E-state index contributed by atoms with van der Waals surface area (Å²) < 4.78 is 15.4. The summed E-state index contributed by atoms with van der Waals surface area (Å²) in [6.07, 6.45) is 2.41. The molecule has 1 atom stereocenters. The first-order valence-electron chi connectivity index (χ1n) is 8.81. The van der Waals surface area contributed by atoms with Crippen LogP contribution in [-0.4, -0.2) is 31.7 Å². The van der Waals surface area contributed by atoms with Gasteiger partial charge in [0.2, 0.25) is 11.8 Å². The van der Waals surface area contributed by atoms with E-state index < -0.39 is 11.7 Å². The number of rotatable bonds is 6. The number of amides is 2. The molecule has 0 saturated carbocycles. The number of benzene rings is 2. The van der Waals surface area contributed by atoms with Crippen LogP contribution in [-0.2, 0) is 16.1 Å². The van der Waals surface area contributed by atoms with Crippen molar-refractivity contribution >= 4 is 46.7 Å². The Morgan fingerprint density at radius 3 is 2.86 bits per heavy atom. The quantitative estimate of drug-likeness (QED) is 0.568. The first-order valence-corrected chi connectivity index (χ1v) is 10.4. The average molecular weight is 422 g/mol. The topological polar surface area (TPSA) is 52.6 Å². The van der Waals surface area contributed by atoms with Crippen molar-refractivity contribution in [2.24, 2.45) is 5.92 Å². The van der Waals surface area contributed by atoms with E-state index in [0.717, 1.165) is 11.4 Å². The second-order valence-corrected chi connectivity index (χ2v) is 7.88. The highest BCUT2D eigenvalue weighted by Crippen LogP contribution is 2.29. The maximum Gasteiger partial charge on any atom is 0.239 e. The zero-order chi connectivity index (χ0) is 20.3. The fraction of sp³-hybridized carbons (Fsp3) is 0.300. The maximum absolute atomic E-state index is 13.4. The summed E-state index contributed by atoms with van der Waals surface area (Å²) in [5, 5.41) is 2.98. The third-order valence-corrected chi connectivity index (χ3v) is 5.67. The van der Waals surface area contributed by atoms with E-state index in [0.29, 0.717) is 18.5 Å². The van der Waals surface area contributed by atoms with E-state index in [2.05, 4.69) is 5.32 Å². The van der Waals surface area contributed by atoms with Crippen LogP contribution in [0.4, 0.5) is 15.8 Å². The number of hydrogen-bond donors (Lipinski definition) is 1. The van der Waals surface area contributed by atoms with Crippen molar-refractivity contribution in [1.82, 2.24) is 5.32 Å². The predicted octanol–water partition coefficient (Wildman–Crippen LogP) is 3.86. The van der Waals surface area contributed by atoms with Crippen molar-refractivity contribution in [1.29, 1.82) is 0 Å². The second-order valence-electron chi connectivity index (χ2n) is 6.53. The minimum absolute atomic E-state index is 0.119. The molecule has 1 aliphatic rings. The van der Waals surface area contributed by atoms with Crippen LogP contribution in [0.5, 0.6) is 0 Å². The molecule has 5 nitrogen and oxygen atoms in total. The Bertz CT molecular complexity index is 875. The lowest BCUT2D eigenvalue weighted by atomic mass is 10.1. The highest BCUT2D eigenvalue weighted by atomic mass is 35.5. The van der Waals surface area contributed by atoms with E-state index in [1.807, 2.05) is 41.9 Å². The van der Waals surface area contributed by atoms with Crippen LogP contribution < -0.4 is 14.5 Å². The lowest BCUT2D eigenvalue weighted by Crippen LogP contribution is -2.36. The molecule has 1 unspecified atom stereocenters. The van der Waals surface area contributed by atoms with Crippen LogP contribution in [0.15, 0.2) is 42.5 Å². The third kappa shape index (κ3) is 4.59. The van der Waals surface area contributed by atoms with Gasteiger partial charge in [0, 0.05) is 42.8 Å². The molecular weight excluding hydrogens is 401 g/mol. The van der Waals surface area contributed by atoms with Crippen molar-refractivity contribution in [2.75, 3.05) is 29.1 Å². The van der Waals surface area contributed by atoms with Gasteiger partial charge in [0.05, 0.1) is 0 Å². The van der Waals surface area contributed by atoms with Gasteiger partial charge in [0.15, 0.2) is 0 Å². The van der Waals surface area contributed by atoms with E-state index in [1.54, 1.807) is 22.9 Å². The number of anilines is 2. The molecule has 28 heavy (non-hydrogen) atoms. The Morgan fingerprint density at radius 1 is 1.36 bits per heavy atom. The fourth-order valence-corrected chi connectivity index (χ4v) is 3.74. The zero-order valence-corrected chi connectivity index (χ0v) is 17.2. The molecule has 0 bridgehead atoms. The number of halogens is 2. The van der Waals surface area contributed by atoms with Gasteiger partial charge in [-0.3, -0.25) is 9.59 Å². The molecule has 1 saturated heterocycles. The molecule has 1 N–H and O–H groups in total. The molecule has 2 aromatic carbocycles. The molecule has 0 radical (unpaired) electrons. The van der Waals surface area contributed by atoms with Crippen molar-refractivity contribution in [3.63, 3.8) is 0 Å². The summed E-state index contributed by atoms with van der Waals surface area (Å²) in [7, 11) is 1.95. The van der Waals surface area contributed by atoms with Crippen molar-refractivity contribution < 1.29 is 14.0 Å². The van der Waals surface area contributed by atoms with Gasteiger partial charge in [-0.25, -0.2) is 4.39 Å². The summed E-state index contributed by atoms with van der Waals surface area (Å²) in [6.45, 7) is 0.600. The van der Waals surface area contributed by atoms with Crippen LogP contribution >= 0.6 is 23.5 Å². The standard InChI is InChI=1S/C20H21ClFN3O2S/c1-24(28-2)16-4-3-5-17(11-16)25-7-6-18(20(25)27)19(26)23-12-13-8-14(21)10-15(22)9-13/h3-5,8-11,18H,6-7,12H2,1-2H3,(H,23,26). The summed E-state index contributed by atoms with van der Waals surface area (Å²) in [6, 6.07) is 11.8. The normalized spacial score (nSPS) is 16.4. The summed E-state index contributed by atoms with van der Waals surface area (Å²) in [4.78, 5) is 26.9. The number of carbonyl (C=O) groups excluding carboxylic acids is 2. The lowest BCUT2D eigenvalue weighted by molar-refractivity contribution is -0.132. The number of carbonyl (C=O) groups is 2. The number of hydrogen-bond acceptors (Lipinski definition) is 4. The van der Waals surface area contributed by atoms with Gasteiger partial charge in [0.1, 0.15) is 11.7 Å². The van der Waals surface area contributed by atoms with E-state index >= 15 is 0 Å². The van der Waals surface area contributed by atoms with Gasteiger partial charge in [-0.05, 0) is 48.4 Å². The van der Waals surface area contributed by atoms with Gasteiger partial charge in [-0.1, -0.05) is 29.6 Å². The maximum atomic E-state index is 13.4. The molecule has 8 heteroatoms. The fourth-order valence-electron chi connectivity index (χ4n) is 3.17. The van der Waals surface area contributed by atoms with Gasteiger partial charge >= 0.3 is 0 Å². The number of nitrogens with zero attached hydrogens (tertiary/aromatic N) is 2. The molecule has 2 amide bonds. The Morgan fingerprint density at radius 2 is 2.14 bits per heavy atom. The van der Waals surface area contributed by atoms with Gasteiger partial charge in [-0.15, -0.1) is 0 Å². The first kappa shape index (κ1) is 20.5. The second kappa shape index (κ2) is 8.84. The summed E-state index contributed by atoms with van der Waals surface area (Å²) in [5.41, 5.74) is 2.30. The van der Waals surface area contributed by atoms with E-state index in [-0.39, 0.29) is 23.4 Å². The summed E-state index contributed by atoms with van der Waals surface area (Å²) in [5.74, 6) is -1.79. The Balaban J connectivity index is 1.65. The van der Waals surface area contributed by atoms with E-state index in [4.69, 9.17) is 11.6 Å². The highest BCUT2D eigenvalue weighted by Gasteiger charge is 2.37. The zero-order valence-electron chi connectivity index (χ0n) is 15.6. The van der Waals surface area contributed by atoms with Crippen LogP contribution in [0.2, 0.25) is 5.02 Å². The molecule has 3 rings (SSSR count).